The van der Waals surface area contributed by atoms with Gasteiger partial charge in [-0.3, -0.25) is 4.79 Å². The predicted octanol–water partition coefficient (Wildman–Crippen LogP) is 3.73. The maximum absolute atomic E-state index is 11.7. The van der Waals surface area contributed by atoms with Crippen LogP contribution < -0.4 is 0 Å². The van der Waals surface area contributed by atoms with Crippen molar-refractivity contribution in [1.29, 1.82) is 0 Å². The van der Waals surface area contributed by atoms with Crippen LogP contribution in [-0.4, -0.2) is 23.0 Å². The molecule has 0 bridgehead atoms. The molecule has 1 rings (SSSR count). The highest BCUT2D eigenvalue weighted by Gasteiger charge is 2.06. The zero-order chi connectivity index (χ0) is 11.3. The van der Waals surface area contributed by atoms with Crippen molar-refractivity contribution in [1.82, 2.24) is 0 Å². The summed E-state index contributed by atoms with van der Waals surface area (Å²) in [6, 6.07) is 7.82. The topological polar surface area (TPSA) is 17.1 Å². The maximum Gasteiger partial charge on any atom is 0.172 e. The molecular formula is C12H16OS2. The Morgan fingerprint density at radius 2 is 1.87 bits per heavy atom. The Kier molecular flexibility index (Phi) is 5.26. The molecule has 82 valence electrons. The molecule has 3 heteroatoms. The molecule has 0 fully saturated rings. The Morgan fingerprint density at radius 1 is 1.27 bits per heavy atom. The summed E-state index contributed by atoms with van der Waals surface area (Å²) >= 11 is 3.38. The van der Waals surface area contributed by atoms with Gasteiger partial charge in [-0.15, -0.1) is 11.8 Å². The van der Waals surface area contributed by atoms with E-state index in [2.05, 4.69) is 13.8 Å². The van der Waals surface area contributed by atoms with Gasteiger partial charge in [0, 0.05) is 10.5 Å². The van der Waals surface area contributed by atoms with E-state index in [0.29, 0.717) is 11.0 Å². The van der Waals surface area contributed by atoms with Crippen LogP contribution in [0.25, 0.3) is 0 Å². The highest BCUT2D eigenvalue weighted by molar-refractivity contribution is 8.00. The molecule has 15 heavy (non-hydrogen) atoms. The van der Waals surface area contributed by atoms with Crippen molar-refractivity contribution >= 4 is 29.3 Å². The first-order valence-electron chi connectivity index (χ1n) is 4.92. The lowest BCUT2D eigenvalue weighted by Gasteiger charge is -2.04. The van der Waals surface area contributed by atoms with Crippen LogP contribution in [0.2, 0.25) is 0 Å². The van der Waals surface area contributed by atoms with Crippen LogP contribution in [0, 0.1) is 0 Å². The number of hydrogen-bond donors (Lipinski definition) is 0. The maximum atomic E-state index is 11.7. The molecule has 0 amide bonds. The molecule has 0 aliphatic carbocycles. The molecule has 0 N–H and O–H groups in total. The first kappa shape index (κ1) is 12.7. The third-order valence-electron chi connectivity index (χ3n) is 1.96. The summed E-state index contributed by atoms with van der Waals surface area (Å²) in [7, 11) is 0. The van der Waals surface area contributed by atoms with Crippen LogP contribution in [0.1, 0.15) is 24.2 Å². The van der Waals surface area contributed by atoms with E-state index >= 15 is 0 Å². The third kappa shape index (κ3) is 4.31. The zero-order valence-corrected chi connectivity index (χ0v) is 11.0. The van der Waals surface area contributed by atoms with Gasteiger partial charge in [-0.05, 0) is 23.6 Å². The number of carbonyl (C=O) groups excluding carboxylic acids is 1. The molecule has 0 radical (unpaired) electrons. The number of carbonyl (C=O) groups is 1. The van der Waals surface area contributed by atoms with Gasteiger partial charge in [-0.1, -0.05) is 26.0 Å². The normalized spacial score (nSPS) is 10.7. The van der Waals surface area contributed by atoms with E-state index in [1.807, 2.05) is 30.5 Å². The summed E-state index contributed by atoms with van der Waals surface area (Å²) in [6.07, 6.45) is 2.03. The van der Waals surface area contributed by atoms with Crippen molar-refractivity contribution in [3.05, 3.63) is 29.8 Å². The van der Waals surface area contributed by atoms with Crippen LogP contribution >= 0.6 is 23.5 Å². The van der Waals surface area contributed by atoms with Crippen molar-refractivity contribution in [2.75, 3.05) is 12.0 Å². The van der Waals surface area contributed by atoms with Gasteiger partial charge in [0.25, 0.3) is 0 Å². The lowest BCUT2D eigenvalue weighted by Crippen LogP contribution is -2.04. The van der Waals surface area contributed by atoms with Crippen LogP contribution in [-0.2, 0) is 0 Å². The summed E-state index contributed by atoms with van der Waals surface area (Å²) in [4.78, 5) is 12.9. The van der Waals surface area contributed by atoms with Gasteiger partial charge < -0.3 is 0 Å². The Bertz CT molecular complexity index is 317. The average Bonchev–Trinajstić information content (AvgIpc) is 2.26. The number of ketones is 1. The van der Waals surface area contributed by atoms with Gasteiger partial charge in [-0.2, -0.15) is 11.8 Å². The van der Waals surface area contributed by atoms with Crippen molar-refractivity contribution in [2.45, 2.75) is 24.0 Å². The fourth-order valence-corrected chi connectivity index (χ4v) is 2.16. The van der Waals surface area contributed by atoms with Crippen LogP contribution in [0.5, 0.6) is 0 Å². The van der Waals surface area contributed by atoms with Gasteiger partial charge in [-0.25, -0.2) is 0 Å². The molecule has 0 heterocycles. The van der Waals surface area contributed by atoms with Crippen LogP contribution in [0.15, 0.2) is 29.2 Å². The summed E-state index contributed by atoms with van der Waals surface area (Å²) < 4.78 is 0. The number of benzene rings is 1. The fraction of sp³-hybridized carbons (Fsp3) is 0.417. The number of thioether (sulfide) groups is 2. The minimum Gasteiger partial charge on any atom is -0.293 e. The second-order valence-corrected chi connectivity index (χ2v) is 5.96. The quantitative estimate of drug-likeness (QED) is 0.576. The average molecular weight is 240 g/mol. The molecule has 1 nitrogen and oxygen atoms in total. The summed E-state index contributed by atoms with van der Waals surface area (Å²) in [5, 5.41) is 0.513. The SMILES string of the molecule is CSc1ccc(C(=O)CSC(C)C)cc1. The standard InChI is InChI=1S/C12H16OS2/c1-9(2)15-8-12(13)10-4-6-11(14-3)7-5-10/h4-7,9H,8H2,1-3H3. The van der Waals surface area contributed by atoms with E-state index in [1.54, 1.807) is 23.5 Å². The Balaban J connectivity index is 2.58. The first-order valence-corrected chi connectivity index (χ1v) is 7.19. The monoisotopic (exact) mass is 240 g/mol. The molecule has 1 aromatic carbocycles. The second-order valence-electron chi connectivity index (χ2n) is 3.51. The second kappa shape index (κ2) is 6.23. The van der Waals surface area contributed by atoms with Crippen LogP contribution in [0.4, 0.5) is 0 Å². The van der Waals surface area contributed by atoms with E-state index < -0.39 is 0 Å². The van der Waals surface area contributed by atoms with Crippen molar-refractivity contribution in [3.63, 3.8) is 0 Å². The lowest BCUT2D eigenvalue weighted by atomic mass is 10.1. The minimum atomic E-state index is 0.223. The molecular weight excluding hydrogens is 224 g/mol. The van der Waals surface area contributed by atoms with Gasteiger partial charge in [0.2, 0.25) is 0 Å². The smallest absolute Gasteiger partial charge is 0.172 e. The van der Waals surface area contributed by atoms with E-state index in [1.165, 1.54) is 4.90 Å². The molecule has 1 aromatic rings. The zero-order valence-electron chi connectivity index (χ0n) is 9.32. The highest BCUT2D eigenvalue weighted by atomic mass is 32.2. The number of rotatable bonds is 5. The number of hydrogen-bond acceptors (Lipinski definition) is 3. The van der Waals surface area contributed by atoms with Gasteiger partial charge in [0.1, 0.15) is 0 Å². The Hall–Kier alpha value is -0.410. The fourth-order valence-electron chi connectivity index (χ4n) is 1.10. The number of Topliss-reactive ketones (excluding diaryl/α,β-unsaturated/α-hetero) is 1. The third-order valence-corrected chi connectivity index (χ3v) is 3.80. The molecule has 0 aromatic heterocycles. The largest absolute Gasteiger partial charge is 0.293 e. The molecule has 0 spiro atoms. The van der Waals surface area contributed by atoms with Gasteiger partial charge >= 0.3 is 0 Å². The highest BCUT2D eigenvalue weighted by Crippen LogP contribution is 2.17. The van der Waals surface area contributed by atoms with Crippen molar-refractivity contribution < 1.29 is 4.79 Å². The molecule has 0 atom stereocenters. The van der Waals surface area contributed by atoms with Crippen LogP contribution in [0.3, 0.4) is 0 Å². The molecule has 0 aliphatic heterocycles. The summed E-state index contributed by atoms with van der Waals surface area (Å²) in [6.45, 7) is 4.21. The first-order chi connectivity index (χ1) is 7.13. The molecule has 0 saturated heterocycles. The van der Waals surface area contributed by atoms with E-state index in [9.17, 15) is 4.79 Å². The van der Waals surface area contributed by atoms with Crippen molar-refractivity contribution in [3.8, 4) is 0 Å². The lowest BCUT2D eigenvalue weighted by molar-refractivity contribution is 0.102. The predicted molar refractivity (Wildman–Crippen MR) is 70.1 cm³/mol. The van der Waals surface area contributed by atoms with E-state index in [0.717, 1.165) is 5.56 Å². The summed E-state index contributed by atoms with van der Waals surface area (Å²) in [5.41, 5.74) is 0.820. The van der Waals surface area contributed by atoms with E-state index in [-0.39, 0.29) is 5.78 Å². The van der Waals surface area contributed by atoms with Gasteiger partial charge in [0.15, 0.2) is 5.78 Å². The summed E-state index contributed by atoms with van der Waals surface area (Å²) in [5.74, 6) is 0.803. The van der Waals surface area contributed by atoms with Gasteiger partial charge in [0.05, 0.1) is 5.75 Å². The Morgan fingerprint density at radius 3 is 2.33 bits per heavy atom. The molecule has 0 unspecified atom stereocenters. The molecule has 0 aliphatic rings. The Labute approximate surface area is 100 Å². The molecule has 0 saturated carbocycles. The van der Waals surface area contributed by atoms with Crippen molar-refractivity contribution in [2.24, 2.45) is 0 Å². The minimum absolute atomic E-state index is 0.223. The van der Waals surface area contributed by atoms with E-state index in [4.69, 9.17) is 0 Å².